The number of rotatable bonds is 7. The first-order valence-corrected chi connectivity index (χ1v) is 7.35. The highest BCUT2D eigenvalue weighted by atomic mass is 19.1. The van der Waals surface area contributed by atoms with Gasteiger partial charge in [-0.15, -0.1) is 0 Å². The van der Waals surface area contributed by atoms with E-state index < -0.39 is 23.0 Å². The summed E-state index contributed by atoms with van der Waals surface area (Å²) < 4.78 is 26.3. The number of ketones is 1. The Hall–Kier alpha value is -1.82. The van der Waals surface area contributed by atoms with E-state index in [1.165, 1.54) is 0 Å². The molecule has 1 saturated carbocycles. The number of halogens is 2. The Kier molecular flexibility index (Phi) is 4.90. The smallest absolute Gasteiger partial charge is 0.220 e. The first kappa shape index (κ1) is 16.5. The van der Waals surface area contributed by atoms with Crippen LogP contribution >= 0.6 is 0 Å². The molecule has 4 nitrogen and oxygen atoms in total. The maximum atomic E-state index is 13.5. The summed E-state index contributed by atoms with van der Waals surface area (Å²) in [6, 6.07) is 2.78. The van der Waals surface area contributed by atoms with Crippen molar-refractivity contribution >= 4 is 11.7 Å². The second kappa shape index (κ2) is 6.52. The molecule has 0 heterocycles. The van der Waals surface area contributed by atoms with Crippen LogP contribution in [-0.2, 0) is 4.79 Å². The molecule has 0 aliphatic heterocycles. The second-order valence-corrected chi connectivity index (χ2v) is 5.99. The third-order valence-electron chi connectivity index (χ3n) is 4.14. The number of amides is 1. The van der Waals surface area contributed by atoms with Gasteiger partial charge in [0.1, 0.15) is 11.6 Å². The number of Topliss-reactive ketones (excluding diaryl/α,β-unsaturated/α-hetero) is 1. The minimum absolute atomic E-state index is 0.0437. The molecule has 1 aliphatic rings. The third kappa shape index (κ3) is 3.88. The van der Waals surface area contributed by atoms with Crippen LogP contribution < -0.4 is 11.1 Å². The van der Waals surface area contributed by atoms with E-state index in [1.807, 2.05) is 6.92 Å². The molecule has 0 radical (unpaired) electrons. The number of hydrogen-bond acceptors (Lipinski definition) is 3. The van der Waals surface area contributed by atoms with Gasteiger partial charge in [0.05, 0.1) is 11.1 Å². The Balaban J connectivity index is 1.89. The predicted molar refractivity (Wildman–Crippen MR) is 78.2 cm³/mol. The lowest BCUT2D eigenvalue weighted by Crippen LogP contribution is -2.53. The van der Waals surface area contributed by atoms with Gasteiger partial charge in [-0.1, -0.05) is 0 Å². The lowest BCUT2D eigenvalue weighted by molar-refractivity contribution is -0.123. The fourth-order valence-corrected chi connectivity index (χ4v) is 2.50. The number of benzene rings is 1. The number of hydrogen-bond donors (Lipinski definition) is 2. The Labute approximate surface area is 128 Å². The van der Waals surface area contributed by atoms with Gasteiger partial charge in [-0.3, -0.25) is 9.59 Å². The van der Waals surface area contributed by atoms with Crippen molar-refractivity contribution in [2.24, 2.45) is 11.7 Å². The average molecular weight is 310 g/mol. The van der Waals surface area contributed by atoms with E-state index in [1.54, 1.807) is 0 Å². The van der Waals surface area contributed by atoms with Gasteiger partial charge in [0, 0.05) is 25.5 Å². The molecule has 1 aromatic rings. The van der Waals surface area contributed by atoms with E-state index >= 15 is 0 Å². The summed E-state index contributed by atoms with van der Waals surface area (Å²) in [5.41, 5.74) is 5.07. The Bertz CT molecular complexity index is 588. The van der Waals surface area contributed by atoms with Crippen LogP contribution in [0, 0.1) is 17.6 Å². The summed E-state index contributed by atoms with van der Waals surface area (Å²) in [4.78, 5) is 23.8. The maximum Gasteiger partial charge on any atom is 0.220 e. The van der Waals surface area contributed by atoms with Crippen molar-refractivity contribution in [3.8, 4) is 0 Å². The van der Waals surface area contributed by atoms with Crippen LogP contribution in [0.2, 0.25) is 0 Å². The molecule has 1 aliphatic carbocycles. The number of carbonyl (C=O) groups excluding carboxylic acids is 2. The van der Waals surface area contributed by atoms with Gasteiger partial charge in [0.25, 0.3) is 0 Å². The molecular formula is C16H20F2N2O2. The minimum atomic E-state index is -0.907. The summed E-state index contributed by atoms with van der Waals surface area (Å²) in [5, 5.41) is 2.87. The van der Waals surface area contributed by atoms with Crippen molar-refractivity contribution in [2.45, 2.75) is 38.1 Å². The van der Waals surface area contributed by atoms with Crippen molar-refractivity contribution in [1.29, 1.82) is 0 Å². The summed E-state index contributed by atoms with van der Waals surface area (Å²) in [7, 11) is 0. The molecule has 1 aromatic carbocycles. The molecule has 0 saturated heterocycles. The van der Waals surface area contributed by atoms with Crippen LogP contribution in [0.5, 0.6) is 0 Å². The zero-order valence-electron chi connectivity index (χ0n) is 12.5. The van der Waals surface area contributed by atoms with Crippen molar-refractivity contribution in [1.82, 2.24) is 5.32 Å². The Morgan fingerprint density at radius 3 is 2.55 bits per heavy atom. The Morgan fingerprint density at radius 1 is 1.32 bits per heavy atom. The first-order valence-electron chi connectivity index (χ1n) is 7.35. The summed E-state index contributed by atoms with van der Waals surface area (Å²) in [6.45, 7) is 2.23. The van der Waals surface area contributed by atoms with Crippen molar-refractivity contribution in [3.63, 3.8) is 0 Å². The fraction of sp³-hybridized carbons (Fsp3) is 0.500. The highest BCUT2D eigenvalue weighted by molar-refractivity contribution is 5.98. The van der Waals surface area contributed by atoms with E-state index in [0.717, 1.165) is 25.0 Å². The third-order valence-corrected chi connectivity index (χ3v) is 4.14. The molecule has 2 rings (SSSR count). The maximum absolute atomic E-state index is 13.5. The van der Waals surface area contributed by atoms with Crippen molar-refractivity contribution in [2.75, 3.05) is 6.54 Å². The van der Waals surface area contributed by atoms with E-state index in [2.05, 4.69) is 5.32 Å². The summed E-state index contributed by atoms with van der Waals surface area (Å²) in [5.74, 6) is -2.07. The largest absolute Gasteiger partial charge is 0.349 e. The van der Waals surface area contributed by atoms with E-state index in [4.69, 9.17) is 5.73 Å². The van der Waals surface area contributed by atoms with Crippen LogP contribution in [0.15, 0.2) is 18.2 Å². The Morgan fingerprint density at radius 2 is 2.00 bits per heavy atom. The summed E-state index contributed by atoms with van der Waals surface area (Å²) in [6.07, 6.45) is 1.90. The molecular weight excluding hydrogens is 290 g/mol. The highest BCUT2D eigenvalue weighted by Gasteiger charge is 2.41. The standard InChI is InChI=1S/C16H20F2N2O2/c1-16(9-19,10-2-3-10)20-15(22)7-6-14(21)12-5-4-11(17)8-13(12)18/h4-5,8,10H,2-3,6-7,9,19H2,1H3,(H,20,22). The monoisotopic (exact) mass is 310 g/mol. The number of nitrogens with two attached hydrogens (primary N) is 1. The molecule has 6 heteroatoms. The summed E-state index contributed by atoms with van der Waals surface area (Å²) >= 11 is 0. The average Bonchev–Trinajstić information content (AvgIpc) is 3.29. The van der Waals surface area contributed by atoms with Gasteiger partial charge in [0.15, 0.2) is 5.78 Å². The van der Waals surface area contributed by atoms with E-state index in [0.29, 0.717) is 18.5 Å². The van der Waals surface area contributed by atoms with Gasteiger partial charge < -0.3 is 11.1 Å². The van der Waals surface area contributed by atoms with Gasteiger partial charge in [-0.05, 0) is 37.8 Å². The normalized spacial score (nSPS) is 16.9. The van der Waals surface area contributed by atoms with Crippen LogP contribution in [0.4, 0.5) is 8.78 Å². The quantitative estimate of drug-likeness (QED) is 0.758. The molecule has 120 valence electrons. The lowest BCUT2D eigenvalue weighted by Gasteiger charge is -2.29. The van der Waals surface area contributed by atoms with Gasteiger partial charge in [0.2, 0.25) is 5.91 Å². The SMILES string of the molecule is CC(CN)(NC(=O)CCC(=O)c1ccc(F)cc1F)C1CC1. The van der Waals surface area contributed by atoms with Gasteiger partial charge in [-0.25, -0.2) is 8.78 Å². The molecule has 0 aromatic heterocycles. The number of carbonyl (C=O) groups is 2. The van der Waals surface area contributed by atoms with Gasteiger partial charge >= 0.3 is 0 Å². The molecule has 3 N–H and O–H groups in total. The molecule has 22 heavy (non-hydrogen) atoms. The van der Waals surface area contributed by atoms with Crippen LogP contribution in [0.25, 0.3) is 0 Å². The number of nitrogens with one attached hydrogen (secondary N) is 1. The molecule has 1 atom stereocenters. The van der Waals surface area contributed by atoms with Crippen LogP contribution in [0.1, 0.15) is 43.0 Å². The van der Waals surface area contributed by atoms with Crippen molar-refractivity contribution in [3.05, 3.63) is 35.4 Å². The second-order valence-electron chi connectivity index (χ2n) is 5.99. The zero-order chi connectivity index (χ0) is 16.3. The van der Waals surface area contributed by atoms with Crippen molar-refractivity contribution < 1.29 is 18.4 Å². The first-order chi connectivity index (χ1) is 10.4. The fourth-order valence-electron chi connectivity index (χ4n) is 2.50. The van der Waals surface area contributed by atoms with E-state index in [-0.39, 0.29) is 24.3 Å². The lowest BCUT2D eigenvalue weighted by atomic mass is 9.95. The van der Waals surface area contributed by atoms with Crippen LogP contribution in [-0.4, -0.2) is 23.8 Å². The molecule has 1 amide bonds. The molecule has 0 bridgehead atoms. The highest BCUT2D eigenvalue weighted by Crippen LogP contribution is 2.39. The zero-order valence-corrected chi connectivity index (χ0v) is 12.5. The van der Waals surface area contributed by atoms with E-state index in [9.17, 15) is 18.4 Å². The topological polar surface area (TPSA) is 72.2 Å². The molecule has 0 spiro atoms. The van der Waals surface area contributed by atoms with Crippen LogP contribution in [0.3, 0.4) is 0 Å². The predicted octanol–water partition coefficient (Wildman–Crippen LogP) is 2.17. The van der Waals surface area contributed by atoms with Gasteiger partial charge in [-0.2, -0.15) is 0 Å². The molecule has 1 unspecified atom stereocenters. The minimum Gasteiger partial charge on any atom is -0.349 e. The molecule has 1 fully saturated rings.